The van der Waals surface area contributed by atoms with Crippen LogP contribution in [0.15, 0.2) is 15.3 Å². The zero-order valence-electron chi connectivity index (χ0n) is 7.90. The minimum atomic E-state index is 0.699. The third-order valence-electron chi connectivity index (χ3n) is 2.12. The highest BCUT2D eigenvalue weighted by molar-refractivity contribution is 7.08. The second kappa shape index (κ2) is 3.38. The van der Waals surface area contributed by atoms with Gasteiger partial charge in [-0.3, -0.25) is 4.79 Å². The quantitative estimate of drug-likeness (QED) is 0.711. The average Bonchev–Trinajstić information content (AvgIpc) is 2.73. The summed E-state index contributed by atoms with van der Waals surface area (Å²) in [5.41, 5.74) is 3.38. The van der Waals surface area contributed by atoms with Gasteiger partial charge in [0, 0.05) is 22.1 Å². The Bertz CT molecular complexity index is 451. The van der Waals surface area contributed by atoms with E-state index in [-0.39, 0.29) is 0 Å². The number of aldehydes is 1. The van der Waals surface area contributed by atoms with Crippen molar-refractivity contribution < 1.29 is 9.32 Å². The molecule has 0 aromatic carbocycles. The monoisotopic (exact) mass is 207 g/mol. The fourth-order valence-corrected chi connectivity index (χ4v) is 2.26. The molecule has 2 rings (SSSR count). The molecule has 3 nitrogen and oxygen atoms in total. The number of hydrogen-bond acceptors (Lipinski definition) is 4. The van der Waals surface area contributed by atoms with Crippen LogP contribution < -0.4 is 0 Å². The number of thiophene rings is 1. The van der Waals surface area contributed by atoms with E-state index in [1.54, 1.807) is 0 Å². The van der Waals surface area contributed by atoms with Crippen molar-refractivity contribution in [1.29, 1.82) is 0 Å². The number of rotatable bonds is 2. The second-order valence-electron chi connectivity index (χ2n) is 3.06. The van der Waals surface area contributed by atoms with Gasteiger partial charge < -0.3 is 4.52 Å². The van der Waals surface area contributed by atoms with E-state index in [4.69, 9.17) is 4.52 Å². The molecular weight excluding hydrogens is 198 g/mol. The Balaban J connectivity index is 2.64. The summed E-state index contributed by atoms with van der Waals surface area (Å²) in [4.78, 5) is 10.8. The molecule has 0 amide bonds. The van der Waals surface area contributed by atoms with Crippen molar-refractivity contribution in [2.45, 2.75) is 13.8 Å². The normalized spacial score (nSPS) is 10.4. The van der Waals surface area contributed by atoms with Crippen molar-refractivity contribution in [3.05, 3.63) is 27.8 Å². The Morgan fingerprint density at radius 1 is 1.43 bits per heavy atom. The number of aromatic nitrogens is 1. The summed E-state index contributed by atoms with van der Waals surface area (Å²) >= 11 is 1.51. The van der Waals surface area contributed by atoms with Gasteiger partial charge in [-0.05, 0) is 19.2 Å². The van der Waals surface area contributed by atoms with E-state index in [1.807, 2.05) is 24.6 Å². The first-order valence-electron chi connectivity index (χ1n) is 4.18. The number of hydrogen-bond donors (Lipinski definition) is 0. The molecule has 0 radical (unpaired) electrons. The van der Waals surface area contributed by atoms with Crippen molar-refractivity contribution in [2.24, 2.45) is 0 Å². The molecule has 0 aliphatic carbocycles. The van der Waals surface area contributed by atoms with Crippen LogP contribution in [0.3, 0.4) is 0 Å². The Morgan fingerprint density at radius 2 is 2.21 bits per heavy atom. The predicted octanol–water partition coefficient (Wildman–Crippen LogP) is 2.83. The lowest BCUT2D eigenvalue weighted by molar-refractivity contribution is 0.112. The molecule has 14 heavy (non-hydrogen) atoms. The first-order valence-corrected chi connectivity index (χ1v) is 5.13. The lowest BCUT2D eigenvalue weighted by Gasteiger charge is -1.96. The summed E-state index contributed by atoms with van der Waals surface area (Å²) in [7, 11) is 0. The molecule has 0 aliphatic rings. The van der Waals surface area contributed by atoms with Gasteiger partial charge in [0.15, 0.2) is 6.29 Å². The molecule has 0 bridgehead atoms. The van der Waals surface area contributed by atoms with Crippen molar-refractivity contribution in [3.63, 3.8) is 0 Å². The summed E-state index contributed by atoms with van der Waals surface area (Å²) in [5, 5.41) is 7.63. The Kier molecular flexibility index (Phi) is 2.21. The number of aryl methyl sites for hydroxylation is 2. The molecule has 0 saturated carbocycles. The zero-order chi connectivity index (χ0) is 10.1. The maximum atomic E-state index is 10.8. The van der Waals surface area contributed by atoms with Crippen LogP contribution in [0, 0.1) is 13.8 Å². The number of carbonyl (C=O) groups is 1. The van der Waals surface area contributed by atoms with E-state index in [1.165, 1.54) is 11.3 Å². The van der Waals surface area contributed by atoms with Gasteiger partial charge in [0.1, 0.15) is 5.76 Å². The van der Waals surface area contributed by atoms with Gasteiger partial charge in [0.2, 0.25) is 0 Å². The molecule has 0 atom stereocenters. The summed E-state index contributed by atoms with van der Waals surface area (Å²) in [6.07, 6.45) is 0.859. The molecule has 0 spiro atoms. The smallest absolute Gasteiger partial charge is 0.151 e. The first-order chi connectivity index (χ1) is 6.74. The Morgan fingerprint density at radius 3 is 2.79 bits per heavy atom. The second-order valence-corrected chi connectivity index (χ2v) is 3.80. The molecular formula is C10H9NO2S. The Hall–Kier alpha value is -1.42. The van der Waals surface area contributed by atoms with Crippen LogP contribution >= 0.6 is 11.3 Å². The van der Waals surface area contributed by atoms with Crippen LogP contribution in [-0.4, -0.2) is 11.4 Å². The molecule has 0 fully saturated rings. The molecule has 4 heteroatoms. The Labute approximate surface area is 85.4 Å². The third kappa shape index (κ3) is 1.28. The maximum Gasteiger partial charge on any atom is 0.151 e. The van der Waals surface area contributed by atoms with Crippen molar-refractivity contribution in [2.75, 3.05) is 0 Å². The highest BCUT2D eigenvalue weighted by Crippen LogP contribution is 2.31. The van der Waals surface area contributed by atoms with Crippen LogP contribution in [0.4, 0.5) is 0 Å². The minimum absolute atomic E-state index is 0.699. The summed E-state index contributed by atoms with van der Waals surface area (Å²) in [6.45, 7) is 3.72. The van der Waals surface area contributed by atoms with Gasteiger partial charge >= 0.3 is 0 Å². The summed E-state index contributed by atoms with van der Waals surface area (Å²) < 4.78 is 5.06. The minimum Gasteiger partial charge on any atom is -0.361 e. The number of nitrogens with zero attached hydrogens (tertiary/aromatic N) is 1. The standard InChI is InChI=1S/C10H9NO2S/c1-6-10(7(2)13-11-6)9-5-14-4-8(9)3-12/h3-5H,1-2H3. The van der Waals surface area contributed by atoms with E-state index in [9.17, 15) is 4.79 Å². The molecule has 2 aromatic rings. The van der Waals surface area contributed by atoms with E-state index in [0.717, 1.165) is 28.9 Å². The van der Waals surface area contributed by atoms with Crippen LogP contribution in [0.1, 0.15) is 21.8 Å². The highest BCUT2D eigenvalue weighted by atomic mass is 32.1. The molecule has 0 unspecified atom stereocenters. The molecule has 0 N–H and O–H groups in total. The molecule has 0 aliphatic heterocycles. The lowest BCUT2D eigenvalue weighted by Crippen LogP contribution is -1.84. The fraction of sp³-hybridized carbons (Fsp3) is 0.200. The molecule has 2 aromatic heterocycles. The van der Waals surface area contributed by atoms with Crippen molar-refractivity contribution >= 4 is 17.6 Å². The first kappa shape index (κ1) is 9.15. The van der Waals surface area contributed by atoms with E-state index in [0.29, 0.717) is 5.56 Å². The van der Waals surface area contributed by atoms with Gasteiger partial charge in [-0.25, -0.2) is 0 Å². The maximum absolute atomic E-state index is 10.8. The van der Waals surface area contributed by atoms with Crippen LogP contribution in [0.25, 0.3) is 11.1 Å². The van der Waals surface area contributed by atoms with Crippen molar-refractivity contribution in [3.8, 4) is 11.1 Å². The summed E-state index contributed by atoms with van der Waals surface area (Å²) in [5.74, 6) is 0.754. The van der Waals surface area contributed by atoms with E-state index >= 15 is 0 Å². The number of carbonyl (C=O) groups excluding carboxylic acids is 1. The van der Waals surface area contributed by atoms with E-state index in [2.05, 4.69) is 5.16 Å². The van der Waals surface area contributed by atoms with Gasteiger partial charge in [-0.15, -0.1) is 0 Å². The van der Waals surface area contributed by atoms with E-state index < -0.39 is 0 Å². The van der Waals surface area contributed by atoms with Gasteiger partial charge in [-0.2, -0.15) is 11.3 Å². The summed E-state index contributed by atoms with van der Waals surface area (Å²) in [6, 6.07) is 0. The molecule has 0 saturated heterocycles. The topological polar surface area (TPSA) is 43.1 Å². The predicted molar refractivity (Wildman–Crippen MR) is 54.7 cm³/mol. The average molecular weight is 207 g/mol. The lowest BCUT2D eigenvalue weighted by atomic mass is 10.0. The van der Waals surface area contributed by atoms with Crippen molar-refractivity contribution in [1.82, 2.24) is 5.16 Å². The molecule has 2 heterocycles. The SMILES string of the molecule is Cc1noc(C)c1-c1cscc1C=O. The largest absolute Gasteiger partial charge is 0.361 e. The fourth-order valence-electron chi connectivity index (χ4n) is 1.47. The van der Waals surface area contributed by atoms with Gasteiger partial charge in [0.25, 0.3) is 0 Å². The van der Waals surface area contributed by atoms with Gasteiger partial charge in [-0.1, -0.05) is 5.16 Å². The highest BCUT2D eigenvalue weighted by Gasteiger charge is 2.15. The zero-order valence-corrected chi connectivity index (χ0v) is 8.72. The van der Waals surface area contributed by atoms with Gasteiger partial charge in [0.05, 0.1) is 5.69 Å². The van der Waals surface area contributed by atoms with Crippen LogP contribution in [0.2, 0.25) is 0 Å². The van der Waals surface area contributed by atoms with Crippen LogP contribution in [-0.2, 0) is 0 Å². The molecule has 72 valence electrons. The third-order valence-corrected chi connectivity index (χ3v) is 2.88. The van der Waals surface area contributed by atoms with Crippen LogP contribution in [0.5, 0.6) is 0 Å².